The molecule has 0 saturated carbocycles. The van der Waals surface area contributed by atoms with Gasteiger partial charge >= 0.3 is 0 Å². The monoisotopic (exact) mass is 219 g/mol. The molecule has 0 radical (unpaired) electrons. The molecule has 0 amide bonds. The molecule has 1 unspecified atom stereocenters. The number of aliphatic hydroxyl groups excluding tert-OH is 1. The van der Waals surface area contributed by atoms with Gasteiger partial charge in [-0.05, 0) is 49.4 Å². The smallest absolute Gasteiger partial charge is 0.0652 e. The van der Waals surface area contributed by atoms with Crippen LogP contribution in [0.15, 0.2) is 17.2 Å². The lowest BCUT2D eigenvalue weighted by molar-refractivity contribution is 0.276. The third-order valence-electron chi connectivity index (χ3n) is 2.66. The van der Waals surface area contributed by atoms with Crippen LogP contribution >= 0.6 is 0 Å². The second-order valence-electron chi connectivity index (χ2n) is 4.05. The third-order valence-corrected chi connectivity index (χ3v) is 2.66. The molecule has 1 rings (SSSR count). The van der Waals surface area contributed by atoms with E-state index in [0.29, 0.717) is 6.42 Å². The average Bonchev–Trinajstić information content (AvgIpc) is 2.16. The Bertz CT molecular complexity index is 399. The van der Waals surface area contributed by atoms with E-state index in [1.54, 1.807) is 0 Å². The number of azide groups is 1. The van der Waals surface area contributed by atoms with Crippen molar-refractivity contribution in [3.05, 3.63) is 44.8 Å². The van der Waals surface area contributed by atoms with Crippen molar-refractivity contribution in [1.29, 1.82) is 0 Å². The van der Waals surface area contributed by atoms with Crippen molar-refractivity contribution in [3.8, 4) is 0 Å². The fraction of sp³-hybridized carbons (Fsp3) is 0.500. The third kappa shape index (κ3) is 2.75. The van der Waals surface area contributed by atoms with E-state index in [0.717, 1.165) is 16.7 Å². The first kappa shape index (κ1) is 12.6. The maximum absolute atomic E-state index is 8.98. The molecule has 86 valence electrons. The zero-order valence-electron chi connectivity index (χ0n) is 9.94. The predicted molar refractivity (Wildman–Crippen MR) is 64.2 cm³/mol. The molecule has 0 bridgehead atoms. The predicted octanol–water partition coefficient (Wildman–Crippen LogP) is 3.35. The number of rotatable bonds is 4. The van der Waals surface area contributed by atoms with Gasteiger partial charge in [-0.3, -0.25) is 0 Å². The van der Waals surface area contributed by atoms with E-state index < -0.39 is 0 Å². The van der Waals surface area contributed by atoms with Crippen LogP contribution in [0.4, 0.5) is 0 Å². The van der Waals surface area contributed by atoms with Crippen molar-refractivity contribution < 1.29 is 5.11 Å². The van der Waals surface area contributed by atoms with Crippen LogP contribution in [-0.4, -0.2) is 11.7 Å². The van der Waals surface area contributed by atoms with E-state index in [9.17, 15) is 0 Å². The fourth-order valence-corrected chi connectivity index (χ4v) is 2.16. The number of nitrogens with zero attached hydrogens (tertiary/aromatic N) is 3. The minimum Gasteiger partial charge on any atom is -0.396 e. The van der Waals surface area contributed by atoms with Gasteiger partial charge in [0.05, 0.1) is 6.04 Å². The highest BCUT2D eigenvalue weighted by Crippen LogP contribution is 2.28. The number of hydrogen-bond acceptors (Lipinski definition) is 2. The van der Waals surface area contributed by atoms with Crippen molar-refractivity contribution in [1.82, 2.24) is 0 Å². The Morgan fingerprint density at radius 3 is 2.31 bits per heavy atom. The molecule has 0 aliphatic rings. The zero-order valence-corrected chi connectivity index (χ0v) is 9.94. The van der Waals surface area contributed by atoms with Gasteiger partial charge in [-0.2, -0.15) is 0 Å². The van der Waals surface area contributed by atoms with E-state index in [1.807, 2.05) is 20.8 Å². The Hall–Kier alpha value is -1.51. The Balaban J connectivity index is 3.23. The maximum atomic E-state index is 8.98. The highest BCUT2D eigenvalue weighted by atomic mass is 16.3. The van der Waals surface area contributed by atoms with Gasteiger partial charge in [0.25, 0.3) is 0 Å². The first-order chi connectivity index (χ1) is 7.60. The normalized spacial score (nSPS) is 12.0. The van der Waals surface area contributed by atoms with Crippen LogP contribution in [-0.2, 0) is 0 Å². The molecule has 4 nitrogen and oxygen atoms in total. The molecular formula is C12H17N3O. The lowest BCUT2D eigenvalue weighted by Crippen LogP contribution is -2.03. The van der Waals surface area contributed by atoms with Crippen molar-refractivity contribution in [2.45, 2.75) is 33.2 Å². The Morgan fingerprint density at radius 2 is 1.88 bits per heavy atom. The first-order valence-corrected chi connectivity index (χ1v) is 5.33. The Morgan fingerprint density at radius 1 is 1.31 bits per heavy atom. The lowest BCUT2D eigenvalue weighted by atomic mass is 9.93. The summed E-state index contributed by atoms with van der Waals surface area (Å²) >= 11 is 0. The molecule has 0 aromatic heterocycles. The van der Waals surface area contributed by atoms with Gasteiger partial charge in [0.15, 0.2) is 0 Å². The van der Waals surface area contributed by atoms with Gasteiger partial charge in [-0.15, -0.1) is 0 Å². The van der Waals surface area contributed by atoms with E-state index in [1.165, 1.54) is 5.56 Å². The summed E-state index contributed by atoms with van der Waals surface area (Å²) in [5.74, 6) is 0. The van der Waals surface area contributed by atoms with Crippen LogP contribution in [0.1, 0.15) is 34.7 Å². The minimum atomic E-state index is -0.268. The molecule has 0 heterocycles. The number of aryl methyl sites for hydroxylation is 3. The Kier molecular flexibility index (Phi) is 4.35. The molecule has 16 heavy (non-hydrogen) atoms. The minimum absolute atomic E-state index is 0.0242. The van der Waals surface area contributed by atoms with Gasteiger partial charge in [-0.25, -0.2) is 0 Å². The van der Waals surface area contributed by atoms with Crippen molar-refractivity contribution in [2.24, 2.45) is 5.11 Å². The summed E-state index contributed by atoms with van der Waals surface area (Å²) in [4.78, 5) is 2.85. The van der Waals surface area contributed by atoms with Gasteiger partial charge in [0.2, 0.25) is 0 Å². The number of benzene rings is 1. The van der Waals surface area contributed by atoms with E-state index in [-0.39, 0.29) is 12.6 Å². The molecule has 0 aliphatic heterocycles. The zero-order chi connectivity index (χ0) is 12.1. The van der Waals surface area contributed by atoms with E-state index >= 15 is 0 Å². The highest BCUT2D eigenvalue weighted by molar-refractivity contribution is 5.39. The molecule has 4 heteroatoms. The lowest BCUT2D eigenvalue weighted by Gasteiger charge is -2.17. The van der Waals surface area contributed by atoms with Crippen LogP contribution in [0.25, 0.3) is 10.4 Å². The van der Waals surface area contributed by atoms with Crippen molar-refractivity contribution >= 4 is 0 Å². The highest BCUT2D eigenvalue weighted by Gasteiger charge is 2.14. The number of aliphatic hydroxyl groups is 1. The van der Waals surface area contributed by atoms with Gasteiger partial charge in [-0.1, -0.05) is 22.8 Å². The molecule has 0 saturated heterocycles. The van der Waals surface area contributed by atoms with Gasteiger partial charge < -0.3 is 5.11 Å². The standard InChI is InChI=1S/C12H17N3O/c1-8-6-9(2)12(10(3)7-8)11(4-5-16)14-15-13/h6-7,11,16H,4-5H2,1-3H3. The SMILES string of the molecule is Cc1cc(C)c(C(CCO)N=[N+]=[N-])c(C)c1. The summed E-state index contributed by atoms with van der Waals surface area (Å²) in [5, 5.41) is 12.7. The quantitative estimate of drug-likeness (QED) is 0.471. The van der Waals surface area contributed by atoms with Crippen LogP contribution in [0.2, 0.25) is 0 Å². The second-order valence-corrected chi connectivity index (χ2v) is 4.05. The van der Waals surface area contributed by atoms with E-state index in [4.69, 9.17) is 10.6 Å². The van der Waals surface area contributed by atoms with Crippen molar-refractivity contribution in [3.63, 3.8) is 0 Å². The van der Waals surface area contributed by atoms with Crippen LogP contribution < -0.4 is 0 Å². The summed E-state index contributed by atoms with van der Waals surface area (Å²) in [7, 11) is 0. The summed E-state index contributed by atoms with van der Waals surface area (Å²) in [6.07, 6.45) is 0.467. The van der Waals surface area contributed by atoms with E-state index in [2.05, 4.69) is 22.2 Å². The molecule has 1 aromatic carbocycles. The van der Waals surface area contributed by atoms with Crippen LogP contribution in [0, 0.1) is 20.8 Å². The van der Waals surface area contributed by atoms with Crippen LogP contribution in [0.5, 0.6) is 0 Å². The summed E-state index contributed by atoms with van der Waals surface area (Å²) in [5.41, 5.74) is 13.0. The second kappa shape index (κ2) is 5.54. The molecule has 1 atom stereocenters. The average molecular weight is 219 g/mol. The number of hydrogen-bond donors (Lipinski definition) is 1. The molecule has 0 spiro atoms. The van der Waals surface area contributed by atoms with Crippen molar-refractivity contribution in [2.75, 3.05) is 6.61 Å². The summed E-state index contributed by atoms with van der Waals surface area (Å²) < 4.78 is 0. The Labute approximate surface area is 95.5 Å². The van der Waals surface area contributed by atoms with Crippen LogP contribution in [0.3, 0.4) is 0 Å². The summed E-state index contributed by atoms with van der Waals surface area (Å²) in [6.45, 7) is 6.08. The summed E-state index contributed by atoms with van der Waals surface area (Å²) in [6, 6.07) is 3.87. The molecule has 1 aromatic rings. The maximum Gasteiger partial charge on any atom is 0.0652 e. The molecule has 0 aliphatic carbocycles. The first-order valence-electron chi connectivity index (χ1n) is 5.33. The topological polar surface area (TPSA) is 69.0 Å². The van der Waals surface area contributed by atoms with Gasteiger partial charge in [0.1, 0.15) is 0 Å². The molecule has 1 N–H and O–H groups in total. The fourth-order valence-electron chi connectivity index (χ4n) is 2.16. The van der Waals surface area contributed by atoms with Gasteiger partial charge in [0, 0.05) is 11.5 Å². The largest absolute Gasteiger partial charge is 0.396 e. The molecular weight excluding hydrogens is 202 g/mol. The molecule has 0 fully saturated rings.